The van der Waals surface area contributed by atoms with Gasteiger partial charge < -0.3 is 10.4 Å². The molecule has 0 amide bonds. The van der Waals surface area contributed by atoms with E-state index in [1.165, 1.54) is 6.07 Å². The number of H-pyrrole nitrogens is 1. The molecule has 0 spiro atoms. The van der Waals surface area contributed by atoms with E-state index in [1.54, 1.807) is 18.3 Å². The molecule has 3 aromatic rings. The maximum Gasteiger partial charge on any atom is 0.310 e. The first-order valence-corrected chi connectivity index (χ1v) is 11.6. The summed E-state index contributed by atoms with van der Waals surface area (Å²) in [7, 11) is 0. The van der Waals surface area contributed by atoms with E-state index in [0.29, 0.717) is 54.5 Å². The van der Waals surface area contributed by atoms with Crippen LogP contribution in [-0.4, -0.2) is 48.7 Å². The SMILES string of the molecule is Cc1cc(Nc2cnc(C)c(C[C@@]3(C(=O)O)CCN(Cc4cccc(Cl)c4F)[C@H](C)C3)n2)n[nH]1. The lowest BCUT2D eigenvalue weighted by Crippen LogP contribution is -2.50. The van der Waals surface area contributed by atoms with Gasteiger partial charge in [-0.15, -0.1) is 0 Å². The van der Waals surface area contributed by atoms with Gasteiger partial charge in [-0.25, -0.2) is 9.37 Å². The van der Waals surface area contributed by atoms with Crippen LogP contribution in [0.2, 0.25) is 5.02 Å². The molecule has 0 aliphatic carbocycles. The van der Waals surface area contributed by atoms with Crippen LogP contribution in [-0.2, 0) is 17.8 Å². The highest BCUT2D eigenvalue weighted by atomic mass is 35.5. The summed E-state index contributed by atoms with van der Waals surface area (Å²) < 4.78 is 14.4. The minimum Gasteiger partial charge on any atom is -0.481 e. The van der Waals surface area contributed by atoms with Gasteiger partial charge in [0, 0.05) is 36.3 Å². The summed E-state index contributed by atoms with van der Waals surface area (Å²) in [5, 5.41) is 20.5. The van der Waals surface area contributed by atoms with Crippen LogP contribution in [0.1, 0.15) is 42.4 Å². The molecule has 3 N–H and O–H groups in total. The summed E-state index contributed by atoms with van der Waals surface area (Å²) in [5.41, 5.74) is 1.77. The molecule has 0 bridgehead atoms. The van der Waals surface area contributed by atoms with Gasteiger partial charge in [0.1, 0.15) is 11.6 Å². The van der Waals surface area contributed by atoms with Crippen molar-refractivity contribution in [3.8, 4) is 0 Å². The first kappa shape index (κ1) is 24.1. The van der Waals surface area contributed by atoms with E-state index in [4.69, 9.17) is 11.6 Å². The van der Waals surface area contributed by atoms with Gasteiger partial charge in [0.05, 0.1) is 28.0 Å². The van der Waals surface area contributed by atoms with E-state index in [9.17, 15) is 14.3 Å². The van der Waals surface area contributed by atoms with E-state index >= 15 is 0 Å². The van der Waals surface area contributed by atoms with Crippen molar-refractivity contribution in [2.75, 3.05) is 11.9 Å². The monoisotopic (exact) mass is 486 g/mol. The molecule has 3 heterocycles. The van der Waals surface area contributed by atoms with Crippen LogP contribution in [0.15, 0.2) is 30.5 Å². The summed E-state index contributed by atoms with van der Waals surface area (Å²) in [6.07, 6.45) is 2.72. The lowest BCUT2D eigenvalue weighted by atomic mass is 9.72. The van der Waals surface area contributed by atoms with Crippen molar-refractivity contribution in [1.29, 1.82) is 0 Å². The fourth-order valence-electron chi connectivity index (χ4n) is 4.58. The topological polar surface area (TPSA) is 107 Å². The highest BCUT2D eigenvalue weighted by Crippen LogP contribution is 2.39. The van der Waals surface area contributed by atoms with Crippen molar-refractivity contribution in [2.24, 2.45) is 5.41 Å². The lowest BCUT2D eigenvalue weighted by Gasteiger charge is -2.43. The standard InChI is InChI=1S/C24H28ClFN6O2/c1-14-9-20(31-30-14)29-21-12-27-16(3)19(28-21)11-24(23(33)34)7-8-32(15(2)10-24)13-17-5-4-6-18(25)22(17)26/h4-6,9,12,15H,7-8,10-11,13H2,1-3H3,(H,33,34)(H2,28,29,30,31)/t15-,24-/m1/s1. The fourth-order valence-corrected chi connectivity index (χ4v) is 4.77. The number of hydrogen-bond acceptors (Lipinski definition) is 6. The Bertz CT molecular complexity index is 1200. The van der Waals surface area contributed by atoms with Crippen LogP contribution in [0.4, 0.5) is 16.0 Å². The molecule has 10 heteroatoms. The number of rotatable bonds is 7. The number of aromatic amines is 1. The van der Waals surface area contributed by atoms with Crippen molar-refractivity contribution in [3.63, 3.8) is 0 Å². The van der Waals surface area contributed by atoms with Gasteiger partial charge in [-0.3, -0.25) is 19.8 Å². The van der Waals surface area contributed by atoms with Crippen LogP contribution in [0.25, 0.3) is 0 Å². The Balaban J connectivity index is 1.52. The van der Waals surface area contributed by atoms with Gasteiger partial charge in [0.25, 0.3) is 0 Å². The maximum atomic E-state index is 14.4. The van der Waals surface area contributed by atoms with E-state index < -0.39 is 17.2 Å². The first-order valence-electron chi connectivity index (χ1n) is 11.2. The Morgan fingerprint density at radius 2 is 2.18 bits per heavy atom. The fraction of sp³-hybridized carbons (Fsp3) is 0.417. The molecule has 0 saturated carbocycles. The second-order valence-corrected chi connectivity index (χ2v) is 9.50. The number of carboxylic acid groups (broad SMARTS) is 1. The van der Waals surface area contributed by atoms with Gasteiger partial charge >= 0.3 is 5.97 Å². The number of carbonyl (C=O) groups is 1. The summed E-state index contributed by atoms with van der Waals surface area (Å²) in [5.74, 6) is -0.150. The third-order valence-electron chi connectivity index (χ3n) is 6.57. The molecule has 1 aliphatic rings. The minimum atomic E-state index is -0.982. The lowest BCUT2D eigenvalue weighted by molar-refractivity contribution is -0.153. The molecule has 0 unspecified atom stereocenters. The molecule has 180 valence electrons. The van der Waals surface area contributed by atoms with Crippen molar-refractivity contribution in [3.05, 3.63) is 63.9 Å². The Kier molecular flexibility index (Phi) is 6.86. The second kappa shape index (κ2) is 9.68. The number of hydrogen-bond donors (Lipinski definition) is 3. The Morgan fingerprint density at radius 3 is 2.85 bits per heavy atom. The highest BCUT2D eigenvalue weighted by Gasteiger charge is 2.45. The largest absolute Gasteiger partial charge is 0.481 e. The van der Waals surface area contributed by atoms with E-state index in [2.05, 4.69) is 30.4 Å². The summed E-state index contributed by atoms with van der Waals surface area (Å²) in [6.45, 7) is 6.62. The maximum absolute atomic E-state index is 14.4. The number of benzene rings is 1. The number of likely N-dealkylation sites (tertiary alicyclic amines) is 1. The number of halogens is 2. The minimum absolute atomic E-state index is 0.0650. The number of piperidine rings is 1. The number of carboxylic acids is 1. The molecule has 2 atom stereocenters. The predicted molar refractivity (Wildman–Crippen MR) is 128 cm³/mol. The molecule has 4 rings (SSSR count). The summed E-state index contributed by atoms with van der Waals surface area (Å²) in [4.78, 5) is 23.7. The quantitative estimate of drug-likeness (QED) is 0.446. The summed E-state index contributed by atoms with van der Waals surface area (Å²) >= 11 is 5.93. The average molecular weight is 487 g/mol. The van der Waals surface area contributed by atoms with E-state index in [1.807, 2.05) is 26.8 Å². The first-order chi connectivity index (χ1) is 16.2. The molecule has 1 fully saturated rings. The van der Waals surface area contributed by atoms with Gasteiger partial charge in [0.2, 0.25) is 0 Å². The molecule has 2 aromatic heterocycles. The van der Waals surface area contributed by atoms with Crippen molar-refractivity contribution < 1.29 is 14.3 Å². The molecule has 1 saturated heterocycles. The van der Waals surface area contributed by atoms with Gasteiger partial charge in [0.15, 0.2) is 5.82 Å². The number of nitrogens with zero attached hydrogens (tertiary/aromatic N) is 4. The third-order valence-corrected chi connectivity index (χ3v) is 6.86. The number of anilines is 2. The van der Waals surface area contributed by atoms with Crippen molar-refractivity contribution >= 4 is 29.2 Å². The number of aliphatic carboxylic acids is 1. The number of aryl methyl sites for hydroxylation is 2. The smallest absolute Gasteiger partial charge is 0.310 e. The zero-order chi connectivity index (χ0) is 24.5. The van der Waals surface area contributed by atoms with Crippen LogP contribution in [0, 0.1) is 25.1 Å². The Morgan fingerprint density at radius 1 is 1.38 bits per heavy atom. The second-order valence-electron chi connectivity index (χ2n) is 9.10. The van der Waals surface area contributed by atoms with E-state index in [0.717, 1.165) is 5.69 Å². The van der Waals surface area contributed by atoms with Crippen LogP contribution in [0.3, 0.4) is 0 Å². The van der Waals surface area contributed by atoms with Crippen LogP contribution >= 0.6 is 11.6 Å². The molecule has 1 aliphatic heterocycles. The number of nitrogens with one attached hydrogen (secondary N) is 2. The average Bonchev–Trinajstić information content (AvgIpc) is 3.20. The predicted octanol–water partition coefficient (Wildman–Crippen LogP) is 4.65. The van der Waals surface area contributed by atoms with Crippen LogP contribution in [0.5, 0.6) is 0 Å². The summed E-state index contributed by atoms with van der Waals surface area (Å²) in [6, 6.07) is 6.74. The Labute approximate surface area is 202 Å². The molecular weight excluding hydrogens is 459 g/mol. The Hall–Kier alpha value is -3.04. The third kappa shape index (κ3) is 5.05. The van der Waals surface area contributed by atoms with Gasteiger partial charge in [-0.05, 0) is 46.2 Å². The molecule has 0 radical (unpaired) electrons. The van der Waals surface area contributed by atoms with Gasteiger partial charge in [-0.2, -0.15) is 5.10 Å². The highest BCUT2D eigenvalue weighted by molar-refractivity contribution is 6.30. The van der Waals surface area contributed by atoms with Crippen LogP contribution < -0.4 is 5.32 Å². The molecular formula is C24H28ClFN6O2. The van der Waals surface area contributed by atoms with Crippen molar-refractivity contribution in [2.45, 2.75) is 52.6 Å². The van der Waals surface area contributed by atoms with Crippen molar-refractivity contribution in [1.82, 2.24) is 25.1 Å². The zero-order valence-corrected chi connectivity index (χ0v) is 20.2. The number of aromatic nitrogens is 4. The molecule has 1 aromatic carbocycles. The molecule has 8 nitrogen and oxygen atoms in total. The normalized spacial score (nSPS) is 20.9. The zero-order valence-electron chi connectivity index (χ0n) is 19.4. The van der Waals surface area contributed by atoms with E-state index in [-0.39, 0.29) is 17.5 Å². The van der Waals surface area contributed by atoms with Gasteiger partial charge in [-0.1, -0.05) is 23.7 Å². The molecule has 34 heavy (non-hydrogen) atoms.